The van der Waals surface area contributed by atoms with E-state index in [1.807, 2.05) is 6.92 Å². The minimum Gasteiger partial charge on any atom is -0.480 e. The molecule has 0 aliphatic carbocycles. The van der Waals surface area contributed by atoms with E-state index in [9.17, 15) is 9.59 Å². The van der Waals surface area contributed by atoms with Crippen molar-refractivity contribution in [2.45, 2.75) is 45.2 Å². The maximum absolute atomic E-state index is 12.7. The lowest BCUT2D eigenvalue weighted by Crippen LogP contribution is -2.29. The van der Waals surface area contributed by atoms with Crippen LogP contribution in [0.2, 0.25) is 0 Å². The summed E-state index contributed by atoms with van der Waals surface area (Å²) in [6, 6.07) is 3.34. The number of hydrogen-bond acceptors (Lipinski definition) is 3. The minimum atomic E-state index is -1.05. The van der Waals surface area contributed by atoms with E-state index in [-0.39, 0.29) is 18.3 Å². The molecule has 0 radical (unpaired) electrons. The Balaban J connectivity index is 2.61. The predicted octanol–water partition coefficient (Wildman–Crippen LogP) is 2.04. The Morgan fingerprint density at radius 1 is 1.50 bits per heavy atom. The number of aromatic nitrogens is 3. The lowest BCUT2D eigenvalue weighted by molar-refractivity contribution is -0.137. The van der Waals surface area contributed by atoms with Crippen molar-refractivity contribution in [1.29, 1.82) is 0 Å². The first kappa shape index (κ1) is 15.8. The second kappa shape index (κ2) is 6.94. The quantitative estimate of drug-likeness (QED) is 0.794. The van der Waals surface area contributed by atoms with E-state index in [0.717, 1.165) is 12.8 Å². The number of fused-ring (bicyclic) bond motifs is 1. The van der Waals surface area contributed by atoms with Gasteiger partial charge in [0.05, 0.1) is 5.52 Å². The Kier molecular flexibility index (Phi) is 4.99. The van der Waals surface area contributed by atoms with Gasteiger partial charge in [0, 0.05) is 18.7 Å². The summed E-state index contributed by atoms with van der Waals surface area (Å²) in [7, 11) is 0. The predicted molar refractivity (Wildman–Crippen MR) is 83.6 cm³/mol. The summed E-state index contributed by atoms with van der Waals surface area (Å²) in [6.07, 6.45) is 9.88. The Morgan fingerprint density at radius 2 is 2.27 bits per heavy atom. The zero-order valence-electron chi connectivity index (χ0n) is 12.5. The number of imidazole rings is 1. The fourth-order valence-electron chi connectivity index (χ4n) is 2.71. The van der Waals surface area contributed by atoms with Crippen LogP contribution in [-0.2, 0) is 11.3 Å². The third-order valence-electron chi connectivity index (χ3n) is 3.62. The van der Waals surface area contributed by atoms with Crippen LogP contribution in [-0.4, -0.2) is 25.2 Å². The van der Waals surface area contributed by atoms with Crippen molar-refractivity contribution in [2.75, 3.05) is 0 Å². The molecule has 6 nitrogen and oxygen atoms in total. The van der Waals surface area contributed by atoms with Crippen LogP contribution in [0.15, 0.2) is 23.1 Å². The molecule has 0 spiro atoms. The summed E-state index contributed by atoms with van der Waals surface area (Å²) in [5.74, 6) is 1.54. The fourth-order valence-corrected chi connectivity index (χ4v) is 2.71. The molecule has 6 heteroatoms. The van der Waals surface area contributed by atoms with Gasteiger partial charge in [-0.15, -0.1) is 12.3 Å². The normalized spacial score (nSPS) is 12.2. The lowest BCUT2D eigenvalue weighted by atomic mass is 10.1. The topological polar surface area (TPSA) is 77.1 Å². The molecule has 22 heavy (non-hydrogen) atoms. The average Bonchev–Trinajstić information content (AvgIpc) is 2.76. The van der Waals surface area contributed by atoms with E-state index < -0.39 is 5.97 Å². The molecule has 0 saturated heterocycles. The van der Waals surface area contributed by atoms with Crippen molar-refractivity contribution in [2.24, 2.45) is 0 Å². The van der Waals surface area contributed by atoms with Crippen LogP contribution in [0.25, 0.3) is 11.2 Å². The fraction of sp³-hybridized carbons (Fsp3) is 0.438. The average molecular weight is 301 g/mol. The SMILES string of the molecule is C#CCCC(CCC)n1c(=O)n(CC(=O)O)c2cccnc21. The van der Waals surface area contributed by atoms with Gasteiger partial charge in [-0.2, -0.15) is 0 Å². The molecule has 1 atom stereocenters. The standard InChI is InChI=1S/C16H19N3O3/c1-3-5-8-12(7-4-2)19-15-13(9-6-10-17-15)18(16(19)22)11-14(20)21/h1,6,9-10,12H,4-5,7-8,11H2,2H3,(H,20,21). The maximum Gasteiger partial charge on any atom is 0.331 e. The molecule has 0 amide bonds. The highest BCUT2D eigenvalue weighted by Gasteiger charge is 2.21. The number of hydrogen-bond donors (Lipinski definition) is 1. The highest BCUT2D eigenvalue weighted by Crippen LogP contribution is 2.22. The molecule has 0 aliphatic heterocycles. The molecule has 2 heterocycles. The molecule has 0 bridgehead atoms. The summed E-state index contributed by atoms with van der Waals surface area (Å²) in [4.78, 5) is 28.0. The van der Waals surface area contributed by atoms with Gasteiger partial charge in [-0.3, -0.25) is 13.9 Å². The number of carboxylic acids is 1. The largest absolute Gasteiger partial charge is 0.480 e. The number of carbonyl (C=O) groups is 1. The molecule has 0 aliphatic rings. The number of carboxylic acid groups (broad SMARTS) is 1. The number of rotatable bonds is 7. The number of aliphatic carboxylic acids is 1. The van der Waals surface area contributed by atoms with Crippen molar-refractivity contribution in [3.8, 4) is 12.3 Å². The van der Waals surface area contributed by atoms with E-state index in [0.29, 0.717) is 24.0 Å². The van der Waals surface area contributed by atoms with E-state index in [4.69, 9.17) is 11.5 Å². The molecule has 1 N–H and O–H groups in total. The second-order valence-electron chi connectivity index (χ2n) is 5.16. The van der Waals surface area contributed by atoms with Gasteiger partial charge in [0.2, 0.25) is 0 Å². The highest BCUT2D eigenvalue weighted by atomic mass is 16.4. The van der Waals surface area contributed by atoms with Gasteiger partial charge < -0.3 is 5.11 Å². The van der Waals surface area contributed by atoms with Crippen molar-refractivity contribution in [3.05, 3.63) is 28.8 Å². The molecule has 2 aromatic heterocycles. The Labute approximate surface area is 128 Å². The van der Waals surface area contributed by atoms with Gasteiger partial charge in [-0.05, 0) is 25.0 Å². The summed E-state index contributed by atoms with van der Waals surface area (Å²) in [5.41, 5.74) is 0.715. The number of terminal acetylenes is 1. The summed E-state index contributed by atoms with van der Waals surface area (Å²) in [5, 5.41) is 9.03. The first-order valence-corrected chi connectivity index (χ1v) is 7.31. The highest BCUT2D eigenvalue weighted by molar-refractivity contribution is 5.75. The van der Waals surface area contributed by atoms with E-state index in [1.54, 1.807) is 22.9 Å². The molecule has 2 aromatic rings. The molecular formula is C16H19N3O3. The molecule has 0 fully saturated rings. The van der Waals surface area contributed by atoms with Crippen molar-refractivity contribution >= 4 is 17.1 Å². The molecule has 0 saturated carbocycles. The summed E-state index contributed by atoms with van der Waals surface area (Å²) >= 11 is 0. The van der Waals surface area contributed by atoms with E-state index in [2.05, 4.69) is 10.9 Å². The van der Waals surface area contributed by atoms with E-state index >= 15 is 0 Å². The van der Waals surface area contributed by atoms with Gasteiger partial charge in [-0.1, -0.05) is 13.3 Å². The zero-order chi connectivity index (χ0) is 16.1. The Morgan fingerprint density at radius 3 is 2.91 bits per heavy atom. The minimum absolute atomic E-state index is 0.0685. The number of pyridine rings is 1. The van der Waals surface area contributed by atoms with Crippen molar-refractivity contribution < 1.29 is 9.90 Å². The van der Waals surface area contributed by atoms with Gasteiger partial charge in [0.25, 0.3) is 0 Å². The summed E-state index contributed by atoms with van der Waals surface area (Å²) in [6.45, 7) is 1.67. The first-order valence-electron chi connectivity index (χ1n) is 7.31. The molecular weight excluding hydrogens is 282 g/mol. The molecule has 1 unspecified atom stereocenters. The summed E-state index contributed by atoms with van der Waals surface area (Å²) < 4.78 is 2.85. The third-order valence-corrected chi connectivity index (χ3v) is 3.62. The van der Waals surface area contributed by atoms with Crippen molar-refractivity contribution in [3.63, 3.8) is 0 Å². The molecule has 116 valence electrons. The van der Waals surface area contributed by atoms with Crippen LogP contribution in [0.5, 0.6) is 0 Å². The van der Waals surface area contributed by atoms with Crippen LogP contribution < -0.4 is 5.69 Å². The third kappa shape index (κ3) is 3.03. The van der Waals surface area contributed by atoms with Crippen LogP contribution in [0.4, 0.5) is 0 Å². The van der Waals surface area contributed by atoms with E-state index in [1.165, 1.54) is 4.57 Å². The maximum atomic E-state index is 12.7. The van der Waals surface area contributed by atoms with Crippen molar-refractivity contribution in [1.82, 2.24) is 14.1 Å². The number of nitrogens with zero attached hydrogens (tertiary/aromatic N) is 3. The lowest BCUT2D eigenvalue weighted by Gasteiger charge is -2.16. The second-order valence-corrected chi connectivity index (χ2v) is 5.16. The zero-order valence-corrected chi connectivity index (χ0v) is 12.5. The molecule has 2 rings (SSSR count). The van der Waals surface area contributed by atoms with Crippen LogP contribution >= 0.6 is 0 Å². The molecule has 0 aromatic carbocycles. The first-order chi connectivity index (χ1) is 10.6. The smallest absolute Gasteiger partial charge is 0.331 e. The van der Waals surface area contributed by atoms with Gasteiger partial charge in [-0.25, -0.2) is 9.78 Å². The van der Waals surface area contributed by atoms with Gasteiger partial charge in [0.1, 0.15) is 6.54 Å². The monoisotopic (exact) mass is 301 g/mol. The van der Waals surface area contributed by atoms with Crippen LogP contribution in [0, 0.1) is 12.3 Å². The van der Waals surface area contributed by atoms with Gasteiger partial charge >= 0.3 is 11.7 Å². The van der Waals surface area contributed by atoms with Crippen LogP contribution in [0.3, 0.4) is 0 Å². The Bertz CT molecular complexity index is 767. The van der Waals surface area contributed by atoms with Crippen LogP contribution in [0.1, 0.15) is 38.6 Å². The van der Waals surface area contributed by atoms with Gasteiger partial charge in [0.15, 0.2) is 5.65 Å². The Hall–Kier alpha value is -2.55.